The molecule has 0 bridgehead atoms. The third kappa shape index (κ3) is 5.68. The van der Waals surface area contributed by atoms with Crippen molar-refractivity contribution in [2.45, 2.75) is 76.3 Å². The molecule has 6 nitrogen and oxygen atoms in total. The minimum Gasteiger partial charge on any atom is -0.489 e. The van der Waals surface area contributed by atoms with Crippen molar-refractivity contribution in [1.29, 1.82) is 0 Å². The molecule has 0 radical (unpaired) electrons. The highest BCUT2D eigenvalue weighted by molar-refractivity contribution is 6.01. The van der Waals surface area contributed by atoms with Crippen molar-refractivity contribution in [3.05, 3.63) is 113 Å². The zero-order valence-electron chi connectivity index (χ0n) is 22.9. The van der Waals surface area contributed by atoms with E-state index in [0.717, 1.165) is 49.4 Å². The Balaban J connectivity index is 1.20. The normalized spacial score (nSPS) is 22.8. The summed E-state index contributed by atoms with van der Waals surface area (Å²) in [4.78, 5) is 30.0. The lowest BCUT2D eigenvalue weighted by Gasteiger charge is -2.40. The van der Waals surface area contributed by atoms with Crippen molar-refractivity contribution in [2.75, 3.05) is 0 Å². The first-order chi connectivity index (χ1) is 19.5. The Labute approximate surface area is 236 Å². The van der Waals surface area contributed by atoms with E-state index in [1.807, 2.05) is 18.2 Å². The third-order valence-corrected chi connectivity index (χ3v) is 8.49. The van der Waals surface area contributed by atoms with Crippen LogP contribution in [0.1, 0.15) is 65.6 Å². The van der Waals surface area contributed by atoms with Crippen LogP contribution in [-0.2, 0) is 24.4 Å². The topological polar surface area (TPSA) is 61.9 Å². The van der Waals surface area contributed by atoms with Gasteiger partial charge in [-0.1, -0.05) is 73.7 Å². The van der Waals surface area contributed by atoms with Gasteiger partial charge in [0.25, 0.3) is 5.91 Å². The largest absolute Gasteiger partial charge is 0.489 e. The molecule has 2 amide bonds. The molecule has 40 heavy (non-hydrogen) atoms. The molecule has 1 saturated carbocycles. The number of hydrogen-bond donors (Lipinski definition) is 1. The zero-order valence-corrected chi connectivity index (χ0v) is 22.9. The van der Waals surface area contributed by atoms with Gasteiger partial charge in [-0.25, -0.2) is 0 Å². The van der Waals surface area contributed by atoms with Crippen LogP contribution < -0.4 is 10.1 Å². The van der Waals surface area contributed by atoms with Crippen LogP contribution in [0.2, 0.25) is 0 Å². The van der Waals surface area contributed by atoms with Crippen LogP contribution in [0.25, 0.3) is 0 Å². The van der Waals surface area contributed by atoms with Crippen LogP contribution in [-0.4, -0.2) is 39.8 Å². The number of carbonyl (C=O) groups excluding carboxylic acids is 2. The maximum Gasteiger partial charge on any atom is 0.255 e. The zero-order chi connectivity index (χ0) is 27.5. The molecule has 0 spiro atoms. The van der Waals surface area contributed by atoms with Crippen molar-refractivity contribution in [1.82, 2.24) is 15.1 Å². The molecule has 3 aromatic rings. The number of hydrogen-bond acceptors (Lipinski definition) is 4. The molecule has 6 rings (SSSR count). The molecule has 3 atom stereocenters. The van der Waals surface area contributed by atoms with Gasteiger partial charge in [0.2, 0.25) is 5.91 Å². The molecule has 3 aliphatic rings. The SMILES string of the molecule is C=C1CCC(N2Cc3cc(O[C@@H]4CCCC[C@@H]4N(Cc4ccccc4)Cc4ccccc4)ccc3C2=O)C(=O)N1. The van der Waals surface area contributed by atoms with Gasteiger partial charge in [-0.05, 0) is 67.0 Å². The van der Waals surface area contributed by atoms with Gasteiger partial charge in [-0.15, -0.1) is 0 Å². The standard InChI is InChI=1S/C34H37N3O3/c1-24-16-19-31(33(38)35-24)37-23-27-20-28(17-18-29(27)34(37)39)40-32-15-9-8-14-30(32)36(21-25-10-4-2-5-11-25)22-26-12-6-3-7-13-26/h2-7,10-13,17-18,20,30-32H,1,8-9,14-16,19,21-23H2,(H,35,38)/t30-,31?,32+/m0/s1. The van der Waals surface area contributed by atoms with Crippen LogP contribution in [0.3, 0.4) is 0 Å². The van der Waals surface area contributed by atoms with Gasteiger partial charge in [-0.2, -0.15) is 0 Å². The van der Waals surface area contributed by atoms with E-state index in [0.29, 0.717) is 24.9 Å². The van der Waals surface area contributed by atoms with Crippen LogP contribution in [0.4, 0.5) is 0 Å². The van der Waals surface area contributed by atoms with E-state index in [-0.39, 0.29) is 24.0 Å². The van der Waals surface area contributed by atoms with E-state index in [2.05, 4.69) is 77.5 Å². The van der Waals surface area contributed by atoms with Gasteiger partial charge >= 0.3 is 0 Å². The summed E-state index contributed by atoms with van der Waals surface area (Å²) in [5.74, 6) is 0.573. The lowest BCUT2D eigenvalue weighted by atomic mass is 9.90. The first kappa shape index (κ1) is 26.3. The number of benzene rings is 3. The van der Waals surface area contributed by atoms with E-state index in [1.54, 1.807) is 4.90 Å². The van der Waals surface area contributed by atoms with Gasteiger partial charge in [0.05, 0.1) is 0 Å². The number of ether oxygens (including phenoxy) is 1. The number of amides is 2. The van der Waals surface area contributed by atoms with Crippen LogP contribution in [0, 0.1) is 0 Å². The van der Waals surface area contributed by atoms with E-state index in [1.165, 1.54) is 17.5 Å². The second kappa shape index (κ2) is 11.7. The second-order valence-electron chi connectivity index (χ2n) is 11.3. The molecule has 1 saturated heterocycles. The fourth-order valence-corrected chi connectivity index (χ4v) is 6.44. The molecule has 1 unspecified atom stereocenters. The Kier molecular flexibility index (Phi) is 7.69. The van der Waals surface area contributed by atoms with Gasteiger partial charge in [0.15, 0.2) is 0 Å². The Hall–Kier alpha value is -3.90. The van der Waals surface area contributed by atoms with Crippen LogP contribution in [0.15, 0.2) is 91.1 Å². The lowest BCUT2D eigenvalue weighted by molar-refractivity contribution is -0.126. The smallest absolute Gasteiger partial charge is 0.255 e. The van der Waals surface area contributed by atoms with E-state index < -0.39 is 6.04 Å². The highest BCUT2D eigenvalue weighted by Gasteiger charge is 2.38. The average Bonchev–Trinajstić information content (AvgIpc) is 3.29. The number of nitrogens with one attached hydrogen (secondary N) is 1. The fourth-order valence-electron chi connectivity index (χ4n) is 6.44. The van der Waals surface area contributed by atoms with Crippen molar-refractivity contribution in [2.24, 2.45) is 0 Å². The number of nitrogens with zero attached hydrogens (tertiary/aromatic N) is 2. The van der Waals surface area contributed by atoms with Crippen LogP contribution in [0.5, 0.6) is 5.75 Å². The first-order valence-corrected chi connectivity index (χ1v) is 14.5. The number of rotatable bonds is 8. The van der Waals surface area contributed by atoms with Crippen molar-refractivity contribution in [3.63, 3.8) is 0 Å². The molecule has 6 heteroatoms. The Morgan fingerprint density at radius 1 is 0.875 bits per heavy atom. The molecular formula is C34H37N3O3. The minimum atomic E-state index is -0.456. The van der Waals surface area contributed by atoms with Crippen LogP contribution >= 0.6 is 0 Å². The Morgan fingerprint density at radius 3 is 2.23 bits per heavy atom. The highest BCUT2D eigenvalue weighted by atomic mass is 16.5. The predicted molar refractivity (Wildman–Crippen MR) is 155 cm³/mol. The first-order valence-electron chi connectivity index (χ1n) is 14.5. The van der Waals surface area contributed by atoms with Gasteiger partial charge < -0.3 is 15.0 Å². The number of piperidine rings is 1. The second-order valence-corrected chi connectivity index (χ2v) is 11.3. The maximum absolute atomic E-state index is 13.2. The minimum absolute atomic E-state index is 0.0579. The monoisotopic (exact) mass is 535 g/mol. The Morgan fingerprint density at radius 2 is 1.55 bits per heavy atom. The molecule has 3 aromatic carbocycles. The van der Waals surface area contributed by atoms with Gasteiger partial charge in [-0.3, -0.25) is 14.5 Å². The highest BCUT2D eigenvalue weighted by Crippen LogP contribution is 2.34. The summed E-state index contributed by atoms with van der Waals surface area (Å²) >= 11 is 0. The van der Waals surface area contributed by atoms with Crippen molar-refractivity contribution < 1.29 is 14.3 Å². The quantitative estimate of drug-likeness (QED) is 0.395. The number of allylic oxidation sites excluding steroid dienone is 1. The number of carbonyl (C=O) groups is 2. The predicted octanol–water partition coefficient (Wildman–Crippen LogP) is 5.83. The van der Waals surface area contributed by atoms with Gasteiger partial charge in [0.1, 0.15) is 17.9 Å². The van der Waals surface area contributed by atoms with E-state index in [9.17, 15) is 9.59 Å². The lowest BCUT2D eigenvalue weighted by Crippen LogP contribution is -2.49. The molecule has 2 aliphatic heterocycles. The maximum atomic E-state index is 13.2. The van der Waals surface area contributed by atoms with Gasteiger partial charge in [0, 0.05) is 36.9 Å². The summed E-state index contributed by atoms with van der Waals surface area (Å²) in [6.45, 7) is 6.02. The average molecular weight is 536 g/mol. The van der Waals surface area contributed by atoms with E-state index in [4.69, 9.17) is 4.74 Å². The summed E-state index contributed by atoms with van der Waals surface area (Å²) < 4.78 is 6.74. The molecule has 1 aliphatic carbocycles. The molecule has 1 N–H and O–H groups in total. The molecule has 0 aromatic heterocycles. The summed E-state index contributed by atoms with van der Waals surface area (Å²) in [5.41, 5.74) is 4.91. The molecule has 206 valence electrons. The number of fused-ring (bicyclic) bond motifs is 1. The summed E-state index contributed by atoms with van der Waals surface area (Å²) in [6.07, 6.45) is 5.77. The van der Waals surface area contributed by atoms with Crippen molar-refractivity contribution in [3.8, 4) is 5.75 Å². The summed E-state index contributed by atoms with van der Waals surface area (Å²) in [5, 5.41) is 2.81. The molecule has 2 heterocycles. The Bertz CT molecular complexity index is 1330. The molecular weight excluding hydrogens is 498 g/mol. The van der Waals surface area contributed by atoms with E-state index >= 15 is 0 Å². The van der Waals surface area contributed by atoms with Crippen molar-refractivity contribution >= 4 is 11.8 Å². The summed E-state index contributed by atoms with van der Waals surface area (Å²) in [6, 6.07) is 27.0. The summed E-state index contributed by atoms with van der Waals surface area (Å²) in [7, 11) is 0. The molecule has 2 fully saturated rings. The third-order valence-electron chi connectivity index (χ3n) is 8.49. The fraction of sp³-hybridized carbons (Fsp3) is 0.353.